The lowest BCUT2D eigenvalue weighted by atomic mass is 10.1. The maximum atomic E-state index is 5.55. The molecular formula is C13H22N2. The molecule has 0 heterocycles. The van der Waals surface area contributed by atoms with Crippen LogP contribution in [-0.4, -0.2) is 19.6 Å². The summed E-state index contributed by atoms with van der Waals surface area (Å²) < 4.78 is 0. The molecule has 0 aliphatic heterocycles. The Balaban J connectivity index is 2.92. The molecule has 2 heteroatoms. The molecule has 0 aromatic heterocycles. The highest BCUT2D eigenvalue weighted by Crippen LogP contribution is 2.21. The van der Waals surface area contributed by atoms with Crippen molar-refractivity contribution in [2.75, 3.05) is 18.5 Å². The number of rotatable bonds is 4. The first-order chi connectivity index (χ1) is 7.06. The third-order valence-corrected chi connectivity index (χ3v) is 2.85. The second kappa shape index (κ2) is 5.17. The van der Waals surface area contributed by atoms with Crippen molar-refractivity contribution in [3.8, 4) is 0 Å². The van der Waals surface area contributed by atoms with Crippen LogP contribution in [0.1, 0.15) is 25.0 Å². The van der Waals surface area contributed by atoms with Gasteiger partial charge in [-0.15, -0.1) is 0 Å². The van der Waals surface area contributed by atoms with Crippen molar-refractivity contribution in [3.05, 3.63) is 29.3 Å². The van der Waals surface area contributed by atoms with Gasteiger partial charge in [0.05, 0.1) is 0 Å². The van der Waals surface area contributed by atoms with Gasteiger partial charge in [-0.1, -0.05) is 12.1 Å². The van der Waals surface area contributed by atoms with Crippen molar-refractivity contribution in [3.63, 3.8) is 0 Å². The van der Waals surface area contributed by atoms with Gasteiger partial charge >= 0.3 is 0 Å². The molecule has 1 aromatic carbocycles. The zero-order valence-electron chi connectivity index (χ0n) is 10.2. The van der Waals surface area contributed by atoms with Gasteiger partial charge in [-0.2, -0.15) is 0 Å². The van der Waals surface area contributed by atoms with Gasteiger partial charge in [0, 0.05) is 18.8 Å². The molecule has 1 aromatic rings. The molecule has 0 unspecified atom stereocenters. The lowest BCUT2D eigenvalue weighted by molar-refractivity contribution is 0.752. The molecule has 0 saturated carbocycles. The van der Waals surface area contributed by atoms with Gasteiger partial charge in [0.25, 0.3) is 0 Å². The van der Waals surface area contributed by atoms with Crippen LogP contribution in [0.5, 0.6) is 0 Å². The lowest BCUT2D eigenvalue weighted by Gasteiger charge is -2.26. The summed E-state index contributed by atoms with van der Waals surface area (Å²) in [6.45, 7) is 7.29. The number of hydrogen-bond acceptors (Lipinski definition) is 2. The Hall–Kier alpha value is -1.02. The Morgan fingerprint density at radius 2 is 2.00 bits per heavy atom. The fraction of sp³-hybridized carbons (Fsp3) is 0.538. The third kappa shape index (κ3) is 2.96. The number of aryl methyl sites for hydroxylation is 1. The van der Waals surface area contributed by atoms with Gasteiger partial charge in [0.2, 0.25) is 0 Å². The molecule has 2 N–H and O–H groups in total. The van der Waals surface area contributed by atoms with Gasteiger partial charge < -0.3 is 10.6 Å². The molecule has 84 valence electrons. The zero-order chi connectivity index (χ0) is 11.4. The van der Waals surface area contributed by atoms with E-state index in [1.54, 1.807) is 0 Å². The third-order valence-electron chi connectivity index (χ3n) is 2.85. The largest absolute Gasteiger partial charge is 0.372 e. The predicted octanol–water partition coefficient (Wildman–Crippen LogP) is 2.34. The Labute approximate surface area is 93.1 Å². The van der Waals surface area contributed by atoms with E-state index < -0.39 is 0 Å². The number of nitrogens with two attached hydrogens (primary N) is 1. The van der Waals surface area contributed by atoms with E-state index in [0.717, 1.165) is 13.0 Å². The van der Waals surface area contributed by atoms with Crippen LogP contribution in [0.3, 0.4) is 0 Å². The summed E-state index contributed by atoms with van der Waals surface area (Å²) >= 11 is 0. The molecule has 0 amide bonds. The first kappa shape index (κ1) is 12.1. The molecule has 0 aliphatic carbocycles. The molecular weight excluding hydrogens is 184 g/mol. The van der Waals surface area contributed by atoms with E-state index in [0.29, 0.717) is 6.04 Å². The molecule has 0 fully saturated rings. The summed E-state index contributed by atoms with van der Waals surface area (Å²) in [5.74, 6) is 0. The van der Waals surface area contributed by atoms with E-state index >= 15 is 0 Å². The lowest BCUT2D eigenvalue weighted by Crippen LogP contribution is -2.26. The highest BCUT2D eigenvalue weighted by Gasteiger charge is 2.07. The van der Waals surface area contributed by atoms with Crippen molar-refractivity contribution >= 4 is 5.69 Å². The highest BCUT2D eigenvalue weighted by molar-refractivity contribution is 5.54. The average molecular weight is 206 g/mol. The fourth-order valence-corrected chi connectivity index (χ4v) is 1.71. The number of benzene rings is 1. The Bertz CT molecular complexity index is 318. The van der Waals surface area contributed by atoms with Gasteiger partial charge in [0.15, 0.2) is 0 Å². The average Bonchev–Trinajstić information content (AvgIpc) is 2.17. The van der Waals surface area contributed by atoms with E-state index in [1.807, 2.05) is 0 Å². The quantitative estimate of drug-likeness (QED) is 0.819. The Morgan fingerprint density at radius 3 is 2.47 bits per heavy atom. The minimum absolute atomic E-state index is 0.532. The SMILES string of the molecule is Cc1cc(CCN)ccc1N(C)C(C)C. The molecule has 1 rings (SSSR count). The van der Waals surface area contributed by atoms with Crippen LogP contribution >= 0.6 is 0 Å². The first-order valence-corrected chi connectivity index (χ1v) is 5.58. The minimum Gasteiger partial charge on any atom is -0.372 e. The standard InChI is InChI=1S/C13H22N2/c1-10(2)15(4)13-6-5-12(7-8-14)9-11(13)3/h5-6,9-10H,7-8,14H2,1-4H3. The van der Waals surface area contributed by atoms with E-state index in [-0.39, 0.29) is 0 Å². The molecule has 0 saturated heterocycles. The normalized spacial score (nSPS) is 10.8. The Kier molecular flexibility index (Phi) is 4.15. The van der Waals surface area contributed by atoms with Crippen molar-refractivity contribution in [2.45, 2.75) is 33.2 Å². The monoisotopic (exact) mass is 206 g/mol. The number of hydrogen-bond donors (Lipinski definition) is 1. The topological polar surface area (TPSA) is 29.3 Å². The van der Waals surface area contributed by atoms with Crippen LogP contribution in [0, 0.1) is 6.92 Å². The molecule has 0 bridgehead atoms. The van der Waals surface area contributed by atoms with Crippen molar-refractivity contribution < 1.29 is 0 Å². The molecule has 0 radical (unpaired) electrons. The summed E-state index contributed by atoms with van der Waals surface area (Å²) in [5, 5.41) is 0. The van der Waals surface area contributed by atoms with E-state index in [2.05, 4.69) is 50.9 Å². The summed E-state index contributed by atoms with van der Waals surface area (Å²) in [6, 6.07) is 7.14. The van der Waals surface area contributed by atoms with Crippen LogP contribution in [0.15, 0.2) is 18.2 Å². The van der Waals surface area contributed by atoms with Gasteiger partial charge in [-0.05, 0) is 50.9 Å². The predicted molar refractivity (Wildman–Crippen MR) is 67.5 cm³/mol. The van der Waals surface area contributed by atoms with Crippen molar-refractivity contribution in [1.82, 2.24) is 0 Å². The fourth-order valence-electron chi connectivity index (χ4n) is 1.71. The second-order valence-corrected chi connectivity index (χ2v) is 4.36. The molecule has 0 aliphatic rings. The molecule has 2 nitrogen and oxygen atoms in total. The van der Waals surface area contributed by atoms with E-state index in [4.69, 9.17) is 5.73 Å². The van der Waals surface area contributed by atoms with Crippen molar-refractivity contribution in [1.29, 1.82) is 0 Å². The maximum absolute atomic E-state index is 5.55. The minimum atomic E-state index is 0.532. The Morgan fingerprint density at radius 1 is 1.33 bits per heavy atom. The summed E-state index contributed by atoms with van der Waals surface area (Å²) in [7, 11) is 2.13. The molecule has 15 heavy (non-hydrogen) atoms. The van der Waals surface area contributed by atoms with Crippen LogP contribution in [0.4, 0.5) is 5.69 Å². The summed E-state index contributed by atoms with van der Waals surface area (Å²) in [4.78, 5) is 2.29. The maximum Gasteiger partial charge on any atom is 0.0395 e. The molecule has 0 spiro atoms. The summed E-state index contributed by atoms with van der Waals surface area (Å²) in [6.07, 6.45) is 0.965. The second-order valence-electron chi connectivity index (χ2n) is 4.36. The summed E-state index contributed by atoms with van der Waals surface area (Å²) in [5.41, 5.74) is 9.52. The number of nitrogens with zero attached hydrogens (tertiary/aromatic N) is 1. The van der Waals surface area contributed by atoms with Crippen molar-refractivity contribution in [2.24, 2.45) is 5.73 Å². The van der Waals surface area contributed by atoms with E-state index in [1.165, 1.54) is 16.8 Å². The van der Waals surface area contributed by atoms with Gasteiger partial charge in [-0.3, -0.25) is 0 Å². The highest BCUT2D eigenvalue weighted by atomic mass is 15.1. The molecule has 0 atom stereocenters. The van der Waals surface area contributed by atoms with E-state index in [9.17, 15) is 0 Å². The van der Waals surface area contributed by atoms with Crippen LogP contribution in [0.25, 0.3) is 0 Å². The van der Waals surface area contributed by atoms with Gasteiger partial charge in [0.1, 0.15) is 0 Å². The van der Waals surface area contributed by atoms with Gasteiger partial charge in [-0.25, -0.2) is 0 Å². The zero-order valence-corrected chi connectivity index (χ0v) is 10.2. The van der Waals surface area contributed by atoms with Crippen LogP contribution in [-0.2, 0) is 6.42 Å². The van der Waals surface area contributed by atoms with Crippen LogP contribution < -0.4 is 10.6 Å². The smallest absolute Gasteiger partial charge is 0.0395 e. The first-order valence-electron chi connectivity index (χ1n) is 5.58. The number of anilines is 1. The van der Waals surface area contributed by atoms with Crippen LogP contribution in [0.2, 0.25) is 0 Å².